The van der Waals surface area contributed by atoms with E-state index in [-0.39, 0.29) is 5.91 Å². The number of hydrogen-bond donors (Lipinski definition) is 0. The molecule has 2 aromatic carbocycles. The topological polar surface area (TPSA) is 29.5 Å². The monoisotopic (exact) mass is 321 g/mol. The zero-order valence-electron chi connectivity index (χ0n) is 11.2. The van der Waals surface area contributed by atoms with Gasteiger partial charge in [0, 0.05) is 18.6 Å². The molecular formula is C15H16BrNO2. The molecule has 0 saturated heterocycles. The second kappa shape index (κ2) is 5.61. The van der Waals surface area contributed by atoms with Crippen molar-refractivity contribution in [3.05, 3.63) is 40.9 Å². The number of benzene rings is 2. The van der Waals surface area contributed by atoms with Crippen molar-refractivity contribution >= 4 is 32.6 Å². The molecule has 2 aromatic rings. The van der Waals surface area contributed by atoms with Crippen molar-refractivity contribution in [1.29, 1.82) is 0 Å². The molecule has 0 aromatic heterocycles. The smallest absolute Gasteiger partial charge is 0.262 e. The average molecular weight is 322 g/mol. The maximum Gasteiger partial charge on any atom is 0.262 e. The van der Waals surface area contributed by atoms with Crippen LogP contribution in [0.3, 0.4) is 0 Å². The van der Waals surface area contributed by atoms with E-state index in [4.69, 9.17) is 4.74 Å². The number of hydrogen-bond acceptors (Lipinski definition) is 2. The summed E-state index contributed by atoms with van der Waals surface area (Å²) in [5, 5.41) is 2.22. The summed E-state index contributed by atoms with van der Waals surface area (Å²) in [5.41, 5.74) is 0. The van der Waals surface area contributed by atoms with Crippen LogP contribution in [0.2, 0.25) is 0 Å². The number of likely N-dealkylation sites (N-methyl/N-ethyl adjacent to an activating group) is 1. The molecule has 0 heterocycles. The number of ether oxygens (including phenoxy) is 1. The van der Waals surface area contributed by atoms with Crippen LogP contribution in [0.1, 0.15) is 6.92 Å². The van der Waals surface area contributed by atoms with Crippen LogP contribution >= 0.6 is 15.9 Å². The van der Waals surface area contributed by atoms with Crippen molar-refractivity contribution in [2.24, 2.45) is 0 Å². The van der Waals surface area contributed by atoms with E-state index in [9.17, 15) is 4.79 Å². The van der Waals surface area contributed by atoms with E-state index >= 15 is 0 Å². The van der Waals surface area contributed by atoms with Crippen LogP contribution in [0.4, 0.5) is 0 Å². The van der Waals surface area contributed by atoms with Gasteiger partial charge in [0.2, 0.25) is 0 Å². The number of carbonyl (C=O) groups excluding carboxylic acids is 1. The third-order valence-electron chi connectivity index (χ3n) is 2.88. The summed E-state index contributed by atoms with van der Waals surface area (Å²) in [4.78, 5) is 13.3. The molecule has 1 amide bonds. The van der Waals surface area contributed by atoms with Crippen LogP contribution < -0.4 is 4.74 Å². The van der Waals surface area contributed by atoms with E-state index in [1.807, 2.05) is 36.4 Å². The molecule has 0 unspecified atom stereocenters. The summed E-state index contributed by atoms with van der Waals surface area (Å²) < 4.78 is 6.72. The lowest BCUT2D eigenvalue weighted by Gasteiger charge is -2.18. The third-order valence-corrected chi connectivity index (χ3v) is 3.37. The van der Waals surface area contributed by atoms with E-state index in [1.54, 1.807) is 21.0 Å². The van der Waals surface area contributed by atoms with Crippen LogP contribution in [0.5, 0.6) is 5.75 Å². The lowest BCUT2D eigenvalue weighted by atomic mass is 10.1. The fourth-order valence-corrected chi connectivity index (χ4v) is 2.26. The fourth-order valence-electron chi connectivity index (χ4n) is 1.89. The molecule has 0 fully saturated rings. The van der Waals surface area contributed by atoms with Crippen LogP contribution in [0, 0.1) is 0 Å². The Labute approximate surface area is 121 Å². The molecule has 0 saturated carbocycles. The van der Waals surface area contributed by atoms with E-state index in [1.165, 1.54) is 4.90 Å². The highest BCUT2D eigenvalue weighted by Crippen LogP contribution is 2.24. The minimum Gasteiger partial charge on any atom is -0.481 e. The highest BCUT2D eigenvalue weighted by atomic mass is 79.9. The molecule has 0 radical (unpaired) electrons. The summed E-state index contributed by atoms with van der Waals surface area (Å²) in [6, 6.07) is 11.9. The average Bonchev–Trinajstić information content (AvgIpc) is 2.37. The maximum absolute atomic E-state index is 11.8. The molecule has 4 heteroatoms. The first-order chi connectivity index (χ1) is 8.97. The van der Waals surface area contributed by atoms with Gasteiger partial charge in [-0.05, 0) is 42.0 Å². The first-order valence-electron chi connectivity index (χ1n) is 6.04. The van der Waals surface area contributed by atoms with Gasteiger partial charge in [-0.1, -0.05) is 28.1 Å². The minimum atomic E-state index is -0.483. The molecular weight excluding hydrogens is 306 g/mol. The van der Waals surface area contributed by atoms with Gasteiger partial charge in [0.1, 0.15) is 5.75 Å². The standard InChI is InChI=1S/C15H16BrNO2/c1-10(15(18)17(2)3)19-14-7-5-11-8-13(16)6-4-12(11)9-14/h4-10H,1-3H3/t10-/m0/s1. The predicted molar refractivity (Wildman–Crippen MR) is 80.4 cm³/mol. The van der Waals surface area contributed by atoms with Crippen molar-refractivity contribution in [2.75, 3.05) is 14.1 Å². The molecule has 0 aliphatic rings. The first-order valence-corrected chi connectivity index (χ1v) is 6.84. The number of nitrogens with zero attached hydrogens (tertiary/aromatic N) is 1. The molecule has 19 heavy (non-hydrogen) atoms. The SMILES string of the molecule is C[C@H](Oc1ccc2cc(Br)ccc2c1)C(=O)N(C)C. The van der Waals surface area contributed by atoms with Crippen LogP contribution in [-0.4, -0.2) is 31.0 Å². The summed E-state index contributed by atoms with van der Waals surface area (Å²) in [5.74, 6) is 0.661. The summed E-state index contributed by atoms with van der Waals surface area (Å²) in [6.07, 6.45) is -0.483. The van der Waals surface area contributed by atoms with Crippen molar-refractivity contribution in [2.45, 2.75) is 13.0 Å². The van der Waals surface area contributed by atoms with Gasteiger partial charge in [0.25, 0.3) is 5.91 Å². The van der Waals surface area contributed by atoms with Gasteiger partial charge in [-0.25, -0.2) is 0 Å². The van der Waals surface area contributed by atoms with Gasteiger partial charge in [0.15, 0.2) is 6.10 Å². The first kappa shape index (κ1) is 13.9. The molecule has 1 atom stereocenters. The van der Waals surface area contributed by atoms with Gasteiger partial charge < -0.3 is 9.64 Å². The van der Waals surface area contributed by atoms with Gasteiger partial charge in [0.05, 0.1) is 0 Å². The second-order valence-electron chi connectivity index (χ2n) is 4.65. The lowest BCUT2D eigenvalue weighted by molar-refractivity contribution is -0.135. The molecule has 3 nitrogen and oxygen atoms in total. The molecule has 0 bridgehead atoms. The van der Waals surface area contributed by atoms with Crippen molar-refractivity contribution in [3.8, 4) is 5.75 Å². The molecule has 2 rings (SSSR count). The number of carbonyl (C=O) groups is 1. The van der Waals surface area contributed by atoms with Crippen LogP contribution in [0.25, 0.3) is 10.8 Å². The Hall–Kier alpha value is -1.55. The van der Waals surface area contributed by atoms with E-state index in [2.05, 4.69) is 15.9 Å². The van der Waals surface area contributed by atoms with Crippen LogP contribution in [-0.2, 0) is 4.79 Å². The maximum atomic E-state index is 11.8. The molecule has 100 valence electrons. The van der Waals surface area contributed by atoms with Gasteiger partial charge in [-0.3, -0.25) is 4.79 Å². The van der Waals surface area contributed by atoms with Gasteiger partial charge >= 0.3 is 0 Å². The zero-order chi connectivity index (χ0) is 14.0. The Morgan fingerprint density at radius 3 is 2.47 bits per heavy atom. The number of amides is 1. The largest absolute Gasteiger partial charge is 0.481 e. The Balaban J connectivity index is 2.22. The van der Waals surface area contributed by atoms with Crippen LogP contribution in [0.15, 0.2) is 40.9 Å². The fraction of sp³-hybridized carbons (Fsp3) is 0.267. The normalized spacial score (nSPS) is 12.2. The minimum absolute atomic E-state index is 0.0455. The summed E-state index contributed by atoms with van der Waals surface area (Å²) >= 11 is 3.44. The van der Waals surface area contributed by atoms with E-state index in [0.717, 1.165) is 15.2 Å². The Bertz CT molecular complexity index is 610. The number of halogens is 1. The highest BCUT2D eigenvalue weighted by Gasteiger charge is 2.16. The molecule has 0 aliphatic heterocycles. The summed E-state index contributed by atoms with van der Waals surface area (Å²) in [6.45, 7) is 1.76. The Kier molecular flexibility index (Phi) is 4.10. The second-order valence-corrected chi connectivity index (χ2v) is 5.56. The molecule has 0 N–H and O–H groups in total. The van der Waals surface area contributed by atoms with Gasteiger partial charge in [-0.15, -0.1) is 0 Å². The zero-order valence-corrected chi connectivity index (χ0v) is 12.8. The third kappa shape index (κ3) is 3.26. The Morgan fingerprint density at radius 2 is 1.79 bits per heavy atom. The quantitative estimate of drug-likeness (QED) is 0.866. The number of fused-ring (bicyclic) bond motifs is 1. The number of rotatable bonds is 3. The molecule has 0 aliphatic carbocycles. The van der Waals surface area contributed by atoms with E-state index < -0.39 is 6.10 Å². The van der Waals surface area contributed by atoms with Crippen molar-refractivity contribution in [3.63, 3.8) is 0 Å². The van der Waals surface area contributed by atoms with Crippen molar-refractivity contribution < 1.29 is 9.53 Å². The Morgan fingerprint density at radius 1 is 1.16 bits per heavy atom. The predicted octanol–water partition coefficient (Wildman–Crippen LogP) is 3.46. The summed E-state index contributed by atoms with van der Waals surface area (Å²) in [7, 11) is 3.44. The van der Waals surface area contributed by atoms with Gasteiger partial charge in [-0.2, -0.15) is 0 Å². The van der Waals surface area contributed by atoms with E-state index in [0.29, 0.717) is 5.75 Å². The molecule has 0 spiro atoms. The highest BCUT2D eigenvalue weighted by molar-refractivity contribution is 9.10. The lowest BCUT2D eigenvalue weighted by Crippen LogP contribution is -2.35. The van der Waals surface area contributed by atoms with Crippen molar-refractivity contribution in [1.82, 2.24) is 4.90 Å².